The smallest absolute Gasteiger partial charge is 0.169 e. The maximum atomic E-state index is 5.29. The van der Waals surface area contributed by atoms with Crippen LogP contribution in [0.25, 0.3) is 11.0 Å². The maximum Gasteiger partial charge on any atom is 0.169 e. The number of benzene rings is 2. The van der Waals surface area contributed by atoms with Crippen molar-refractivity contribution >= 4 is 22.8 Å². The molecular formula is C18H20N2O2S. The average Bonchev–Trinajstić information content (AvgIpc) is 2.96. The maximum absolute atomic E-state index is 5.29. The van der Waals surface area contributed by atoms with Gasteiger partial charge in [-0.3, -0.25) is 0 Å². The fourth-order valence-corrected chi connectivity index (χ4v) is 3.46. The summed E-state index contributed by atoms with van der Waals surface area (Å²) in [5, 5.41) is 1.02. The topological polar surface area (TPSA) is 36.3 Å². The van der Waals surface area contributed by atoms with Gasteiger partial charge < -0.3 is 14.0 Å². The van der Waals surface area contributed by atoms with Crippen molar-refractivity contribution < 1.29 is 9.47 Å². The Labute approximate surface area is 140 Å². The highest BCUT2D eigenvalue weighted by Gasteiger charge is 2.11. The molecule has 0 amide bonds. The zero-order valence-electron chi connectivity index (χ0n) is 13.4. The highest BCUT2D eigenvalue weighted by atomic mass is 32.2. The number of fused-ring (bicyclic) bond motifs is 1. The van der Waals surface area contributed by atoms with Crippen molar-refractivity contribution in [3.05, 3.63) is 54.1 Å². The molecule has 2 aromatic carbocycles. The monoisotopic (exact) mass is 328 g/mol. The summed E-state index contributed by atoms with van der Waals surface area (Å²) >= 11 is 1.74. The molecule has 3 aromatic rings. The number of ether oxygens (including phenoxy) is 2. The summed E-state index contributed by atoms with van der Waals surface area (Å²) in [6.07, 6.45) is 0. The van der Waals surface area contributed by atoms with Gasteiger partial charge >= 0.3 is 0 Å². The van der Waals surface area contributed by atoms with Crippen LogP contribution in [-0.2, 0) is 17.0 Å². The lowest BCUT2D eigenvalue weighted by Crippen LogP contribution is -2.05. The molecular weight excluding hydrogens is 308 g/mol. The van der Waals surface area contributed by atoms with Crippen molar-refractivity contribution in [2.24, 2.45) is 0 Å². The molecule has 0 aliphatic rings. The van der Waals surface area contributed by atoms with E-state index < -0.39 is 0 Å². The van der Waals surface area contributed by atoms with Gasteiger partial charge in [0, 0.05) is 19.4 Å². The predicted molar refractivity (Wildman–Crippen MR) is 94.2 cm³/mol. The molecule has 0 bridgehead atoms. The zero-order chi connectivity index (χ0) is 16.1. The van der Waals surface area contributed by atoms with E-state index in [-0.39, 0.29) is 0 Å². The Bertz CT molecular complexity index is 786. The number of imidazole rings is 1. The van der Waals surface area contributed by atoms with Crippen molar-refractivity contribution in [2.45, 2.75) is 17.5 Å². The minimum Gasteiger partial charge on any atom is -0.497 e. The Morgan fingerprint density at radius 1 is 1.09 bits per heavy atom. The van der Waals surface area contributed by atoms with E-state index in [9.17, 15) is 0 Å². The fourth-order valence-electron chi connectivity index (χ4n) is 2.47. The Balaban J connectivity index is 1.83. The number of nitrogens with zero attached hydrogens (tertiary/aromatic N) is 2. The molecule has 1 heterocycles. The number of para-hydroxylation sites is 2. The predicted octanol–water partition coefficient (Wildman–Crippen LogP) is 3.98. The van der Waals surface area contributed by atoms with E-state index in [4.69, 9.17) is 14.5 Å². The first kappa shape index (κ1) is 15.9. The van der Waals surface area contributed by atoms with Gasteiger partial charge in [0.15, 0.2) is 5.16 Å². The van der Waals surface area contributed by atoms with Crippen molar-refractivity contribution in [1.29, 1.82) is 0 Å². The third-order valence-corrected chi connectivity index (χ3v) is 4.69. The third-order valence-electron chi connectivity index (χ3n) is 3.64. The van der Waals surface area contributed by atoms with Gasteiger partial charge in [0.2, 0.25) is 0 Å². The Hall–Kier alpha value is -1.98. The molecule has 0 unspecified atom stereocenters. The average molecular weight is 328 g/mol. The van der Waals surface area contributed by atoms with Crippen LogP contribution in [0.15, 0.2) is 53.7 Å². The van der Waals surface area contributed by atoms with Crippen molar-refractivity contribution in [3.8, 4) is 5.75 Å². The lowest BCUT2D eigenvalue weighted by molar-refractivity contribution is 0.186. The van der Waals surface area contributed by atoms with Gasteiger partial charge in [-0.15, -0.1) is 0 Å². The zero-order valence-corrected chi connectivity index (χ0v) is 14.2. The van der Waals surface area contributed by atoms with Crippen LogP contribution in [0.1, 0.15) is 5.56 Å². The molecule has 0 spiro atoms. The normalized spacial score (nSPS) is 11.0. The fraction of sp³-hybridized carbons (Fsp3) is 0.278. The van der Waals surface area contributed by atoms with E-state index in [2.05, 4.69) is 22.8 Å². The molecule has 0 aliphatic carbocycles. The van der Waals surface area contributed by atoms with Gasteiger partial charge in [0.05, 0.1) is 24.8 Å². The van der Waals surface area contributed by atoms with Gasteiger partial charge in [-0.05, 0) is 29.8 Å². The number of aromatic nitrogens is 2. The van der Waals surface area contributed by atoms with E-state index in [1.807, 2.05) is 30.3 Å². The first-order chi connectivity index (χ1) is 11.3. The van der Waals surface area contributed by atoms with Crippen LogP contribution in [-0.4, -0.2) is 30.4 Å². The molecule has 3 rings (SSSR count). The van der Waals surface area contributed by atoms with Crippen molar-refractivity contribution in [1.82, 2.24) is 9.55 Å². The third kappa shape index (κ3) is 3.68. The van der Waals surface area contributed by atoms with Gasteiger partial charge in [0.25, 0.3) is 0 Å². The quantitative estimate of drug-likeness (QED) is 0.615. The molecule has 0 N–H and O–H groups in total. The standard InChI is InChI=1S/C18H20N2O2S/c1-21-11-10-20-17-9-4-3-8-16(17)19-18(20)23-13-14-6-5-7-15(12-14)22-2/h3-9,12H,10-11,13H2,1-2H3. The molecule has 5 heteroatoms. The molecule has 23 heavy (non-hydrogen) atoms. The second-order valence-corrected chi connectivity index (χ2v) is 6.11. The van der Waals surface area contributed by atoms with E-state index in [1.54, 1.807) is 26.0 Å². The minimum atomic E-state index is 0.674. The molecule has 4 nitrogen and oxygen atoms in total. The molecule has 120 valence electrons. The number of hydrogen-bond donors (Lipinski definition) is 0. The van der Waals surface area contributed by atoms with Crippen LogP contribution >= 0.6 is 11.8 Å². The molecule has 0 radical (unpaired) electrons. The van der Waals surface area contributed by atoms with Gasteiger partial charge in [0.1, 0.15) is 5.75 Å². The van der Waals surface area contributed by atoms with E-state index in [1.165, 1.54) is 5.56 Å². The number of hydrogen-bond acceptors (Lipinski definition) is 4. The molecule has 1 aromatic heterocycles. The molecule has 0 fully saturated rings. The Kier molecular flexibility index (Phi) is 5.20. The highest BCUT2D eigenvalue weighted by molar-refractivity contribution is 7.98. The van der Waals surface area contributed by atoms with Crippen LogP contribution in [0.5, 0.6) is 5.75 Å². The first-order valence-electron chi connectivity index (χ1n) is 7.52. The largest absolute Gasteiger partial charge is 0.497 e. The summed E-state index contributed by atoms with van der Waals surface area (Å²) in [7, 11) is 3.42. The summed E-state index contributed by atoms with van der Waals surface area (Å²) < 4.78 is 12.7. The highest BCUT2D eigenvalue weighted by Crippen LogP contribution is 2.27. The van der Waals surface area contributed by atoms with Crippen molar-refractivity contribution in [2.75, 3.05) is 20.8 Å². The van der Waals surface area contributed by atoms with E-state index in [0.717, 1.165) is 34.2 Å². The van der Waals surface area contributed by atoms with E-state index in [0.29, 0.717) is 6.61 Å². The Morgan fingerprint density at radius 2 is 1.96 bits per heavy atom. The first-order valence-corrected chi connectivity index (χ1v) is 8.50. The summed E-state index contributed by atoms with van der Waals surface area (Å²) in [6.45, 7) is 1.48. The summed E-state index contributed by atoms with van der Waals surface area (Å²) in [5.41, 5.74) is 3.40. The second kappa shape index (κ2) is 7.53. The van der Waals surface area contributed by atoms with Crippen molar-refractivity contribution in [3.63, 3.8) is 0 Å². The van der Waals surface area contributed by atoms with E-state index >= 15 is 0 Å². The molecule has 0 aliphatic heterocycles. The van der Waals surface area contributed by atoms with Crippen LogP contribution < -0.4 is 4.74 Å². The Morgan fingerprint density at radius 3 is 2.78 bits per heavy atom. The number of rotatable bonds is 7. The molecule has 0 saturated carbocycles. The summed E-state index contributed by atoms with van der Waals surface area (Å²) in [6, 6.07) is 16.4. The van der Waals surface area contributed by atoms with Crippen LogP contribution in [0, 0.1) is 0 Å². The van der Waals surface area contributed by atoms with Gasteiger partial charge in [-0.1, -0.05) is 36.0 Å². The summed E-state index contributed by atoms with van der Waals surface area (Å²) in [4.78, 5) is 4.76. The molecule has 0 atom stereocenters. The number of methoxy groups -OCH3 is 2. The minimum absolute atomic E-state index is 0.674. The lowest BCUT2D eigenvalue weighted by Gasteiger charge is -2.08. The SMILES string of the molecule is COCCn1c(SCc2cccc(OC)c2)nc2ccccc21. The summed E-state index contributed by atoms with van der Waals surface area (Å²) in [5.74, 6) is 1.74. The molecule has 0 saturated heterocycles. The number of thioether (sulfide) groups is 1. The van der Waals surface area contributed by atoms with Gasteiger partial charge in [-0.2, -0.15) is 0 Å². The lowest BCUT2D eigenvalue weighted by atomic mass is 10.2. The van der Waals surface area contributed by atoms with Crippen LogP contribution in [0.3, 0.4) is 0 Å². The second-order valence-electron chi connectivity index (χ2n) is 5.17. The van der Waals surface area contributed by atoms with Crippen LogP contribution in [0.2, 0.25) is 0 Å². The van der Waals surface area contributed by atoms with Gasteiger partial charge in [-0.25, -0.2) is 4.98 Å². The van der Waals surface area contributed by atoms with Crippen LogP contribution in [0.4, 0.5) is 0 Å².